The number of aromatic nitrogens is 2. The Labute approximate surface area is 211 Å². The van der Waals surface area contributed by atoms with E-state index in [1.807, 2.05) is 0 Å². The summed E-state index contributed by atoms with van der Waals surface area (Å²) in [6.45, 7) is 2.58. The van der Waals surface area contributed by atoms with Crippen LogP contribution < -0.4 is 0 Å². The minimum Gasteiger partial charge on any atom is -0.378 e. The van der Waals surface area contributed by atoms with Gasteiger partial charge in [0.1, 0.15) is 11.4 Å². The molecule has 2 aromatic rings. The molecule has 3 aliphatic heterocycles. The fourth-order valence-corrected chi connectivity index (χ4v) is 9.28. The lowest BCUT2D eigenvalue weighted by molar-refractivity contribution is -0.133. The normalized spacial score (nSPS) is 41.1. The van der Waals surface area contributed by atoms with Gasteiger partial charge in [-0.25, -0.2) is 4.98 Å². The lowest BCUT2D eigenvalue weighted by atomic mass is 9.66. The number of rotatable bonds is 3. The van der Waals surface area contributed by atoms with E-state index in [0.29, 0.717) is 5.92 Å². The summed E-state index contributed by atoms with van der Waals surface area (Å²) in [5.41, 5.74) is 2.10. The molecule has 2 aliphatic carbocycles. The largest absolute Gasteiger partial charge is 0.378 e. The van der Waals surface area contributed by atoms with Crippen LogP contribution >= 0.6 is 0 Å². The molecule has 2 unspecified atom stereocenters. The van der Waals surface area contributed by atoms with Crippen molar-refractivity contribution in [1.29, 1.82) is 0 Å². The number of aromatic amines is 1. The molecule has 0 amide bonds. The van der Waals surface area contributed by atoms with Gasteiger partial charge in [0, 0.05) is 24.7 Å². The summed E-state index contributed by atoms with van der Waals surface area (Å²) in [6, 6.07) is 10.9. The molecule has 1 aromatic carbocycles. The van der Waals surface area contributed by atoms with E-state index in [4.69, 9.17) is 9.72 Å². The highest BCUT2D eigenvalue weighted by molar-refractivity contribution is 5.75. The number of morpholine rings is 1. The summed E-state index contributed by atoms with van der Waals surface area (Å²) >= 11 is 0. The Kier molecular flexibility index (Phi) is 5.94. The van der Waals surface area contributed by atoms with Gasteiger partial charge in [-0.3, -0.25) is 9.80 Å². The van der Waals surface area contributed by atoms with E-state index in [-0.39, 0.29) is 5.54 Å². The molecule has 5 heteroatoms. The van der Waals surface area contributed by atoms with Crippen LogP contribution in [0.15, 0.2) is 24.3 Å². The average Bonchev–Trinajstić information content (AvgIpc) is 3.23. The van der Waals surface area contributed by atoms with Gasteiger partial charge >= 0.3 is 0 Å². The molecular formula is C30H44N4O. The van der Waals surface area contributed by atoms with Gasteiger partial charge in [-0.15, -0.1) is 0 Å². The molecule has 5 aliphatic rings. The van der Waals surface area contributed by atoms with Crippen LogP contribution in [0.3, 0.4) is 0 Å². The highest BCUT2D eigenvalue weighted by Crippen LogP contribution is 2.51. The minimum atomic E-state index is -0.141. The number of benzene rings is 1. The maximum Gasteiger partial charge on any atom is 0.130 e. The predicted molar refractivity (Wildman–Crippen MR) is 140 cm³/mol. The van der Waals surface area contributed by atoms with Crippen molar-refractivity contribution in [2.24, 2.45) is 17.8 Å². The van der Waals surface area contributed by atoms with Crippen molar-refractivity contribution in [1.82, 2.24) is 19.8 Å². The quantitative estimate of drug-likeness (QED) is 0.616. The third-order valence-corrected chi connectivity index (χ3v) is 10.9. The molecule has 5 nitrogen and oxygen atoms in total. The molecule has 2 saturated carbocycles. The summed E-state index contributed by atoms with van der Waals surface area (Å²) in [6.07, 6.45) is 17.2. The molecule has 1 aromatic heterocycles. The molecular weight excluding hydrogens is 432 g/mol. The zero-order chi connectivity index (χ0) is 23.4. The number of imidazole rings is 1. The standard InChI is InChI=1S/C30H44N4O/c1-33-13-14-35-20-30(33,29-31-27-11-4-5-12-28(27)32-29)23-18-24-9-6-10-25(19-23)34(24)26-16-21-7-2-3-8-22(15-21)17-26/h4-5,11-12,21-26H,2-3,6-10,13-20H2,1H3,(H,31,32)/t21-,22+,23?,24-,25+,26?,30-/m1/s1. The number of piperidine rings is 2. The van der Waals surface area contributed by atoms with Crippen molar-refractivity contribution < 1.29 is 4.74 Å². The molecule has 190 valence electrons. The van der Waals surface area contributed by atoms with Gasteiger partial charge in [0.25, 0.3) is 0 Å². The first-order valence-corrected chi connectivity index (χ1v) is 14.7. The smallest absolute Gasteiger partial charge is 0.130 e. The van der Waals surface area contributed by atoms with Crippen molar-refractivity contribution in [2.75, 3.05) is 26.8 Å². The maximum absolute atomic E-state index is 6.27. The zero-order valence-corrected chi connectivity index (χ0v) is 21.6. The molecule has 0 radical (unpaired) electrons. The van der Waals surface area contributed by atoms with Crippen LogP contribution in [-0.2, 0) is 10.3 Å². The third kappa shape index (κ3) is 3.88. The molecule has 7 atom stereocenters. The lowest BCUT2D eigenvalue weighted by Crippen LogP contribution is -2.64. The number of hydrogen-bond acceptors (Lipinski definition) is 4. The minimum absolute atomic E-state index is 0.141. The number of nitrogens with zero attached hydrogens (tertiary/aromatic N) is 3. The number of nitrogens with one attached hydrogen (secondary N) is 1. The van der Waals surface area contributed by atoms with Crippen LogP contribution in [-0.4, -0.2) is 64.7 Å². The van der Waals surface area contributed by atoms with Crippen LogP contribution in [0.25, 0.3) is 11.0 Å². The van der Waals surface area contributed by atoms with E-state index < -0.39 is 0 Å². The number of H-pyrrole nitrogens is 1. The van der Waals surface area contributed by atoms with Crippen molar-refractivity contribution in [3.63, 3.8) is 0 Å². The molecule has 3 saturated heterocycles. The Balaban J connectivity index is 1.20. The summed E-state index contributed by atoms with van der Waals surface area (Å²) in [7, 11) is 2.32. The van der Waals surface area contributed by atoms with E-state index in [0.717, 1.165) is 66.6 Å². The van der Waals surface area contributed by atoms with Crippen LogP contribution in [0.5, 0.6) is 0 Å². The second-order valence-electron chi connectivity index (χ2n) is 12.7. The molecule has 4 heterocycles. The van der Waals surface area contributed by atoms with Crippen LogP contribution in [0.4, 0.5) is 0 Å². The topological polar surface area (TPSA) is 44.4 Å². The second kappa shape index (κ2) is 9.15. The van der Waals surface area contributed by atoms with Crippen LogP contribution in [0, 0.1) is 17.8 Å². The van der Waals surface area contributed by atoms with Gasteiger partial charge in [-0.2, -0.15) is 0 Å². The molecule has 4 bridgehead atoms. The van der Waals surface area contributed by atoms with Crippen molar-refractivity contribution in [2.45, 2.75) is 101 Å². The Morgan fingerprint density at radius 1 is 0.886 bits per heavy atom. The Morgan fingerprint density at radius 2 is 1.63 bits per heavy atom. The van der Waals surface area contributed by atoms with Crippen molar-refractivity contribution >= 4 is 11.0 Å². The SMILES string of the molecule is CN1CCOC[C@]1(c1nc2ccccc2[nH]1)C1C[C@H]2CCC[C@@H](C1)N2C1C[C@H]2CCCC[C@@H](C1)C2. The first-order chi connectivity index (χ1) is 17.2. The predicted octanol–water partition coefficient (Wildman–Crippen LogP) is 5.71. The monoisotopic (exact) mass is 476 g/mol. The fourth-order valence-electron chi connectivity index (χ4n) is 9.28. The van der Waals surface area contributed by atoms with E-state index in [9.17, 15) is 0 Å². The summed E-state index contributed by atoms with van der Waals surface area (Å²) in [4.78, 5) is 14.7. The Bertz CT molecular complexity index is 975. The summed E-state index contributed by atoms with van der Waals surface area (Å²) < 4.78 is 6.27. The molecule has 35 heavy (non-hydrogen) atoms. The number of para-hydroxylation sites is 2. The van der Waals surface area contributed by atoms with Crippen LogP contribution in [0.2, 0.25) is 0 Å². The third-order valence-electron chi connectivity index (χ3n) is 10.9. The highest BCUT2D eigenvalue weighted by atomic mass is 16.5. The molecule has 0 spiro atoms. The number of fused-ring (bicyclic) bond motifs is 5. The van der Waals surface area contributed by atoms with Gasteiger partial charge in [0.15, 0.2) is 0 Å². The molecule has 1 N–H and O–H groups in total. The lowest BCUT2D eigenvalue weighted by Gasteiger charge is -2.58. The van der Waals surface area contributed by atoms with Gasteiger partial charge in [0.2, 0.25) is 0 Å². The van der Waals surface area contributed by atoms with E-state index >= 15 is 0 Å². The Morgan fingerprint density at radius 3 is 2.34 bits per heavy atom. The first-order valence-electron chi connectivity index (χ1n) is 14.7. The Hall–Kier alpha value is -1.43. The zero-order valence-electron chi connectivity index (χ0n) is 21.6. The van der Waals surface area contributed by atoms with Crippen molar-refractivity contribution in [3.05, 3.63) is 30.1 Å². The molecule has 5 fully saturated rings. The van der Waals surface area contributed by atoms with E-state index in [1.54, 1.807) is 0 Å². The average molecular weight is 477 g/mol. The highest BCUT2D eigenvalue weighted by Gasteiger charge is 2.54. The van der Waals surface area contributed by atoms with Crippen LogP contribution in [0.1, 0.15) is 82.9 Å². The van der Waals surface area contributed by atoms with Crippen molar-refractivity contribution in [3.8, 4) is 0 Å². The fraction of sp³-hybridized carbons (Fsp3) is 0.767. The van der Waals surface area contributed by atoms with Gasteiger partial charge in [-0.1, -0.05) is 44.2 Å². The van der Waals surface area contributed by atoms with Gasteiger partial charge in [-0.05, 0) is 81.9 Å². The molecule has 7 rings (SSSR count). The summed E-state index contributed by atoms with van der Waals surface area (Å²) in [5, 5.41) is 0. The van der Waals surface area contributed by atoms with E-state index in [2.05, 4.69) is 46.1 Å². The van der Waals surface area contributed by atoms with E-state index in [1.165, 1.54) is 77.0 Å². The first kappa shape index (κ1) is 22.7. The summed E-state index contributed by atoms with van der Waals surface area (Å²) in [5.74, 6) is 3.73. The number of ether oxygens (including phenoxy) is 1. The van der Waals surface area contributed by atoms with Gasteiger partial charge in [0.05, 0.1) is 24.2 Å². The second-order valence-corrected chi connectivity index (χ2v) is 12.7. The number of hydrogen-bond donors (Lipinski definition) is 1. The number of likely N-dealkylation sites (N-methyl/N-ethyl adjacent to an activating group) is 1. The maximum atomic E-state index is 6.27. The van der Waals surface area contributed by atoms with Gasteiger partial charge < -0.3 is 9.72 Å².